The molecule has 0 aromatic carbocycles. The minimum Gasteiger partial charge on any atom is -0.396 e. The fraction of sp³-hybridized carbons (Fsp3) is 0.545. The van der Waals surface area contributed by atoms with Gasteiger partial charge in [-0.3, -0.25) is 4.79 Å². The molecule has 1 aliphatic carbocycles. The number of sulfone groups is 1. The molecule has 0 spiro atoms. The highest BCUT2D eigenvalue weighted by Gasteiger charge is 2.30. The first-order chi connectivity index (χ1) is 9.70. The number of halogens is 2. The summed E-state index contributed by atoms with van der Waals surface area (Å²) in [6.07, 6.45) is 0.00457. The number of rotatable bonds is 6. The molecular weight excluding hydrogens is 324 g/mol. The molecule has 2 rings (SSSR count). The van der Waals surface area contributed by atoms with Gasteiger partial charge in [0.25, 0.3) is 12.3 Å². The molecule has 1 amide bonds. The zero-order chi connectivity index (χ0) is 15.8. The van der Waals surface area contributed by atoms with E-state index in [2.05, 4.69) is 10.6 Å². The second kappa shape index (κ2) is 5.76. The van der Waals surface area contributed by atoms with Crippen molar-refractivity contribution in [1.29, 1.82) is 0 Å². The highest BCUT2D eigenvalue weighted by molar-refractivity contribution is 7.91. The lowest BCUT2D eigenvalue weighted by atomic mass is 10.3. The molecule has 6 nitrogen and oxygen atoms in total. The van der Waals surface area contributed by atoms with Gasteiger partial charge in [-0.25, -0.2) is 17.2 Å². The van der Waals surface area contributed by atoms with Crippen LogP contribution in [0.25, 0.3) is 0 Å². The van der Waals surface area contributed by atoms with Crippen LogP contribution >= 0.6 is 11.3 Å². The van der Waals surface area contributed by atoms with Crippen molar-refractivity contribution in [2.75, 3.05) is 23.9 Å². The van der Waals surface area contributed by atoms with E-state index in [0.29, 0.717) is 0 Å². The van der Waals surface area contributed by atoms with Crippen LogP contribution in [0.2, 0.25) is 0 Å². The molecule has 4 N–H and O–H groups in total. The Hall–Kier alpha value is -1.42. The van der Waals surface area contributed by atoms with Gasteiger partial charge >= 0.3 is 0 Å². The van der Waals surface area contributed by atoms with Gasteiger partial charge in [0.05, 0.1) is 12.2 Å². The molecule has 1 heterocycles. The lowest BCUT2D eigenvalue weighted by molar-refractivity contribution is 0.0956. The third-order valence-electron chi connectivity index (χ3n) is 2.81. The number of carbonyl (C=O) groups excluding carboxylic acids is 1. The topological polar surface area (TPSA) is 101 Å². The number of hydrogen-bond acceptors (Lipinski definition) is 6. The van der Waals surface area contributed by atoms with E-state index in [1.54, 1.807) is 0 Å². The highest BCUT2D eigenvalue weighted by atomic mass is 32.2. The van der Waals surface area contributed by atoms with E-state index in [-0.39, 0.29) is 26.5 Å². The van der Waals surface area contributed by atoms with E-state index >= 15 is 0 Å². The fourth-order valence-electron chi connectivity index (χ4n) is 1.73. The number of nitrogens with one attached hydrogen (secondary N) is 2. The number of nitrogen functional groups attached to an aromatic ring is 1. The number of alkyl halides is 2. The Labute approximate surface area is 124 Å². The summed E-state index contributed by atoms with van der Waals surface area (Å²) >= 11 is 0.772. The summed E-state index contributed by atoms with van der Waals surface area (Å²) in [5.41, 5.74) is 5.54. The van der Waals surface area contributed by atoms with Gasteiger partial charge in [0.15, 0.2) is 9.84 Å². The van der Waals surface area contributed by atoms with E-state index in [0.717, 1.165) is 30.4 Å². The molecule has 0 radical (unpaired) electrons. The Balaban J connectivity index is 2.35. The minimum atomic E-state index is -3.74. The van der Waals surface area contributed by atoms with Crippen molar-refractivity contribution < 1.29 is 22.0 Å². The van der Waals surface area contributed by atoms with Gasteiger partial charge in [0.2, 0.25) is 0 Å². The molecule has 1 aromatic heterocycles. The standard InChI is InChI=1S/C11H15F2N3O3S2/c1-21(18,19)9-7(14)8(10(17)16-5-2-3-5)20-11(9)15-4-6(12)13/h5-6,15H,2-4,14H2,1H3,(H,16,17). The molecule has 1 saturated carbocycles. The predicted octanol–water partition coefficient (Wildman–Crippen LogP) is 1.30. The van der Waals surface area contributed by atoms with Gasteiger partial charge in [-0.05, 0) is 12.8 Å². The zero-order valence-corrected chi connectivity index (χ0v) is 12.8. The first kappa shape index (κ1) is 16.0. The van der Waals surface area contributed by atoms with Crippen LogP contribution in [0.1, 0.15) is 22.5 Å². The number of nitrogens with two attached hydrogens (primary N) is 1. The third-order valence-corrected chi connectivity index (χ3v) is 5.26. The molecule has 0 unspecified atom stereocenters. The summed E-state index contributed by atoms with van der Waals surface area (Å²) in [5.74, 6) is -0.477. The van der Waals surface area contributed by atoms with Crippen molar-refractivity contribution in [3.63, 3.8) is 0 Å². The molecule has 118 valence electrons. The van der Waals surface area contributed by atoms with Crippen LogP contribution in [0.5, 0.6) is 0 Å². The Morgan fingerprint density at radius 3 is 2.57 bits per heavy atom. The molecule has 1 fully saturated rings. The van der Waals surface area contributed by atoms with Crippen molar-refractivity contribution in [3.8, 4) is 0 Å². The lowest BCUT2D eigenvalue weighted by Gasteiger charge is -2.05. The summed E-state index contributed by atoms with van der Waals surface area (Å²) in [5, 5.41) is 4.99. The quantitative estimate of drug-likeness (QED) is 0.725. The first-order valence-corrected chi connectivity index (χ1v) is 8.86. The molecule has 0 atom stereocenters. The number of anilines is 2. The molecule has 21 heavy (non-hydrogen) atoms. The smallest absolute Gasteiger partial charge is 0.263 e. The van der Waals surface area contributed by atoms with Crippen molar-refractivity contribution in [1.82, 2.24) is 5.32 Å². The summed E-state index contributed by atoms with van der Waals surface area (Å²) < 4.78 is 48.1. The second-order valence-electron chi connectivity index (χ2n) is 4.79. The summed E-state index contributed by atoms with van der Waals surface area (Å²) in [6, 6.07) is 0.0816. The van der Waals surface area contributed by atoms with Crippen LogP contribution < -0.4 is 16.4 Å². The number of carbonyl (C=O) groups is 1. The normalized spacial score (nSPS) is 15.2. The Bertz CT molecular complexity index is 654. The van der Waals surface area contributed by atoms with Crippen molar-refractivity contribution >= 4 is 37.8 Å². The summed E-state index contributed by atoms with van der Waals surface area (Å²) in [4.78, 5) is 11.7. The molecule has 0 saturated heterocycles. The lowest BCUT2D eigenvalue weighted by Crippen LogP contribution is -2.25. The van der Waals surface area contributed by atoms with E-state index < -0.39 is 28.7 Å². The number of amides is 1. The van der Waals surface area contributed by atoms with Gasteiger partial charge in [-0.15, -0.1) is 11.3 Å². The second-order valence-corrected chi connectivity index (χ2v) is 7.77. The van der Waals surface area contributed by atoms with E-state index in [1.165, 1.54) is 0 Å². The summed E-state index contributed by atoms with van der Waals surface area (Å²) in [7, 11) is -3.74. The van der Waals surface area contributed by atoms with Crippen LogP contribution in [-0.2, 0) is 9.84 Å². The van der Waals surface area contributed by atoms with Crippen LogP contribution in [0, 0.1) is 0 Å². The van der Waals surface area contributed by atoms with E-state index in [1.807, 2.05) is 0 Å². The van der Waals surface area contributed by atoms with Crippen LogP contribution in [0.4, 0.5) is 19.5 Å². The third kappa shape index (κ3) is 3.82. The highest BCUT2D eigenvalue weighted by Crippen LogP contribution is 2.39. The van der Waals surface area contributed by atoms with E-state index in [4.69, 9.17) is 5.73 Å². The molecule has 10 heteroatoms. The van der Waals surface area contributed by atoms with Gasteiger partial charge in [-0.2, -0.15) is 0 Å². The largest absolute Gasteiger partial charge is 0.396 e. The average molecular weight is 339 g/mol. The fourth-order valence-corrected chi connectivity index (χ4v) is 4.21. The Morgan fingerprint density at radius 1 is 1.48 bits per heavy atom. The summed E-state index contributed by atoms with van der Waals surface area (Å²) in [6.45, 7) is -0.716. The van der Waals surface area contributed by atoms with Crippen LogP contribution in [0.15, 0.2) is 4.90 Å². The van der Waals surface area contributed by atoms with Crippen molar-refractivity contribution in [3.05, 3.63) is 4.88 Å². The number of hydrogen-bond donors (Lipinski definition) is 3. The Morgan fingerprint density at radius 2 is 2.10 bits per heavy atom. The molecule has 1 aliphatic rings. The van der Waals surface area contributed by atoms with Gasteiger partial charge in [0, 0.05) is 12.3 Å². The maximum atomic E-state index is 12.3. The SMILES string of the molecule is CS(=O)(=O)c1c(NCC(F)F)sc(C(=O)NC2CC2)c1N. The number of thiophene rings is 1. The van der Waals surface area contributed by atoms with Gasteiger partial charge < -0.3 is 16.4 Å². The molecule has 0 bridgehead atoms. The first-order valence-electron chi connectivity index (χ1n) is 6.15. The minimum absolute atomic E-state index is 0.0269. The van der Waals surface area contributed by atoms with Crippen molar-refractivity contribution in [2.24, 2.45) is 0 Å². The maximum Gasteiger partial charge on any atom is 0.263 e. The average Bonchev–Trinajstić information content (AvgIpc) is 3.07. The molecular formula is C11H15F2N3O3S2. The maximum absolute atomic E-state index is 12.3. The molecule has 1 aromatic rings. The van der Waals surface area contributed by atoms with Crippen LogP contribution in [-0.4, -0.2) is 39.6 Å². The Kier molecular flexibility index (Phi) is 4.38. The predicted molar refractivity (Wildman–Crippen MR) is 76.8 cm³/mol. The zero-order valence-electron chi connectivity index (χ0n) is 11.2. The van der Waals surface area contributed by atoms with Crippen LogP contribution in [0.3, 0.4) is 0 Å². The van der Waals surface area contributed by atoms with Gasteiger partial charge in [0.1, 0.15) is 14.8 Å². The molecule has 0 aliphatic heterocycles. The van der Waals surface area contributed by atoms with Gasteiger partial charge in [-0.1, -0.05) is 0 Å². The van der Waals surface area contributed by atoms with Crippen molar-refractivity contribution in [2.45, 2.75) is 30.2 Å². The monoisotopic (exact) mass is 339 g/mol. The van der Waals surface area contributed by atoms with E-state index in [9.17, 15) is 22.0 Å².